The normalized spacial score (nSPS) is 34.0. The summed E-state index contributed by atoms with van der Waals surface area (Å²) in [7, 11) is 0. The quantitative estimate of drug-likeness (QED) is 0.482. The van der Waals surface area contributed by atoms with Crippen LogP contribution in [0.1, 0.15) is 46.0 Å². The maximum absolute atomic E-state index is 12.4. The van der Waals surface area contributed by atoms with E-state index >= 15 is 0 Å². The Balaban J connectivity index is 1.65. The molecular weight excluding hydrogens is 314 g/mol. The number of fused-ring (bicyclic) bond motifs is 1. The zero-order chi connectivity index (χ0) is 16.6. The molecule has 3 saturated heterocycles. The zero-order valence-corrected chi connectivity index (χ0v) is 14.6. The van der Waals surface area contributed by atoms with E-state index in [0.717, 1.165) is 13.1 Å². The van der Waals surface area contributed by atoms with Gasteiger partial charge in [-0.2, -0.15) is 0 Å². The van der Waals surface area contributed by atoms with Crippen LogP contribution in [0.2, 0.25) is 0 Å². The van der Waals surface area contributed by atoms with Crippen molar-refractivity contribution in [2.24, 2.45) is 4.99 Å². The van der Waals surface area contributed by atoms with Gasteiger partial charge < -0.3 is 14.9 Å². The minimum Gasteiger partial charge on any atom is -0.480 e. The molecule has 7 heteroatoms. The molecule has 1 amide bonds. The first kappa shape index (κ1) is 16.6. The number of carbonyl (C=O) groups excluding carboxylic acids is 1. The summed E-state index contributed by atoms with van der Waals surface area (Å²) in [6, 6.07) is -1.17. The number of likely N-dealkylation sites (tertiary alicyclic amines) is 1. The maximum atomic E-state index is 12.4. The van der Waals surface area contributed by atoms with Crippen LogP contribution in [0.5, 0.6) is 0 Å². The Kier molecular flexibility index (Phi) is 4.58. The molecule has 128 valence electrons. The summed E-state index contributed by atoms with van der Waals surface area (Å²) in [5.41, 5.74) is 0. The van der Waals surface area contributed by atoms with Crippen molar-refractivity contribution in [1.82, 2.24) is 9.80 Å². The Morgan fingerprint density at radius 2 is 1.87 bits per heavy atom. The number of carbonyl (C=O) groups is 2. The average molecular weight is 339 g/mol. The van der Waals surface area contributed by atoms with Crippen LogP contribution in [0, 0.1) is 0 Å². The van der Waals surface area contributed by atoms with E-state index in [-0.39, 0.29) is 11.3 Å². The summed E-state index contributed by atoms with van der Waals surface area (Å²) in [5.74, 6) is -1.08. The molecule has 1 N–H and O–H groups in total. The van der Waals surface area contributed by atoms with Crippen molar-refractivity contribution in [1.29, 1.82) is 0 Å². The SMILES string of the molecule is CC1(C)S[C@@H]2C(/N=C/N3CCCCCCC3)C(=O)N2[C@H]1C(=O)O. The molecule has 3 rings (SSSR count). The van der Waals surface area contributed by atoms with Gasteiger partial charge in [-0.3, -0.25) is 9.79 Å². The second-order valence-corrected chi connectivity index (χ2v) is 8.88. The Hall–Kier alpha value is -1.24. The van der Waals surface area contributed by atoms with Gasteiger partial charge in [0.15, 0.2) is 6.04 Å². The van der Waals surface area contributed by atoms with Gasteiger partial charge in [-0.15, -0.1) is 11.8 Å². The Labute approximate surface area is 141 Å². The summed E-state index contributed by atoms with van der Waals surface area (Å²) in [5, 5.41) is 9.28. The highest BCUT2D eigenvalue weighted by Gasteiger charge is 2.63. The predicted octanol–water partition coefficient (Wildman–Crippen LogP) is 1.80. The molecule has 0 aromatic heterocycles. The van der Waals surface area contributed by atoms with E-state index in [4.69, 9.17) is 0 Å². The summed E-state index contributed by atoms with van der Waals surface area (Å²) in [4.78, 5) is 32.0. The molecule has 23 heavy (non-hydrogen) atoms. The summed E-state index contributed by atoms with van der Waals surface area (Å²) in [6.07, 6.45) is 7.99. The standard InChI is InChI=1S/C16H25N3O3S/c1-16(2)12(15(21)22)19-13(20)11(14(19)23-16)17-10-18-8-6-4-3-5-7-9-18/h10-12,14H,3-9H2,1-2H3,(H,21,22)/b17-10+/t11?,12-,14+/m0/s1. The van der Waals surface area contributed by atoms with Crippen LogP contribution >= 0.6 is 11.8 Å². The lowest BCUT2D eigenvalue weighted by molar-refractivity contribution is -0.158. The van der Waals surface area contributed by atoms with Crippen LogP contribution in [0.25, 0.3) is 0 Å². The number of carboxylic acid groups (broad SMARTS) is 1. The fraction of sp³-hybridized carbons (Fsp3) is 0.812. The molecule has 0 aromatic carbocycles. The van der Waals surface area contributed by atoms with Gasteiger partial charge in [0.25, 0.3) is 5.91 Å². The van der Waals surface area contributed by atoms with Gasteiger partial charge in [0.05, 0.1) is 6.34 Å². The fourth-order valence-electron chi connectivity index (χ4n) is 3.68. The Morgan fingerprint density at radius 1 is 1.26 bits per heavy atom. The lowest BCUT2D eigenvalue weighted by Gasteiger charge is -2.41. The first-order chi connectivity index (χ1) is 10.9. The Morgan fingerprint density at radius 3 is 2.48 bits per heavy atom. The first-order valence-electron chi connectivity index (χ1n) is 8.42. The van der Waals surface area contributed by atoms with Crippen molar-refractivity contribution >= 4 is 30.0 Å². The van der Waals surface area contributed by atoms with E-state index in [1.807, 2.05) is 20.2 Å². The second kappa shape index (κ2) is 6.34. The second-order valence-electron chi connectivity index (χ2n) is 7.11. The average Bonchev–Trinajstić information content (AvgIpc) is 2.69. The van der Waals surface area contributed by atoms with Crippen molar-refractivity contribution < 1.29 is 14.7 Å². The maximum Gasteiger partial charge on any atom is 0.327 e. The van der Waals surface area contributed by atoms with Crippen molar-refractivity contribution in [2.45, 2.75) is 68.2 Å². The van der Waals surface area contributed by atoms with E-state index in [9.17, 15) is 14.7 Å². The number of nitrogens with zero attached hydrogens (tertiary/aromatic N) is 3. The highest BCUT2D eigenvalue weighted by Crippen LogP contribution is 2.51. The van der Waals surface area contributed by atoms with Crippen LogP contribution in [-0.2, 0) is 9.59 Å². The highest BCUT2D eigenvalue weighted by atomic mass is 32.2. The van der Waals surface area contributed by atoms with E-state index in [1.165, 1.54) is 37.0 Å². The van der Waals surface area contributed by atoms with Gasteiger partial charge >= 0.3 is 5.97 Å². The van der Waals surface area contributed by atoms with Gasteiger partial charge in [0.2, 0.25) is 0 Å². The molecule has 3 fully saturated rings. The third-order valence-corrected chi connectivity index (χ3v) is 6.49. The van der Waals surface area contributed by atoms with E-state index in [0.29, 0.717) is 0 Å². The van der Waals surface area contributed by atoms with Crippen molar-refractivity contribution in [3.05, 3.63) is 0 Å². The van der Waals surface area contributed by atoms with Crippen LogP contribution in [0.4, 0.5) is 0 Å². The van der Waals surface area contributed by atoms with Crippen molar-refractivity contribution in [3.8, 4) is 0 Å². The molecule has 3 aliphatic rings. The highest BCUT2D eigenvalue weighted by molar-refractivity contribution is 8.01. The van der Waals surface area contributed by atoms with E-state index < -0.39 is 22.8 Å². The summed E-state index contributed by atoms with van der Waals surface area (Å²) in [6.45, 7) is 5.77. The minimum atomic E-state index is -0.926. The van der Waals surface area contributed by atoms with Crippen LogP contribution in [-0.4, -0.2) is 68.4 Å². The molecule has 0 aliphatic carbocycles. The molecule has 0 saturated carbocycles. The zero-order valence-electron chi connectivity index (χ0n) is 13.8. The van der Waals surface area contributed by atoms with Gasteiger partial charge in [-0.1, -0.05) is 19.3 Å². The van der Waals surface area contributed by atoms with Gasteiger partial charge in [-0.05, 0) is 26.7 Å². The molecule has 0 aromatic rings. The molecule has 3 atom stereocenters. The number of amides is 1. The number of hydrogen-bond donors (Lipinski definition) is 1. The summed E-state index contributed by atoms with van der Waals surface area (Å²) >= 11 is 1.55. The number of aliphatic carboxylic acids is 1. The fourth-order valence-corrected chi connectivity index (χ4v) is 5.30. The number of thioether (sulfide) groups is 1. The molecule has 6 nitrogen and oxygen atoms in total. The van der Waals surface area contributed by atoms with Gasteiger partial charge in [0, 0.05) is 17.8 Å². The summed E-state index contributed by atoms with van der Waals surface area (Å²) < 4.78 is -0.475. The molecule has 0 spiro atoms. The number of hydrogen-bond acceptors (Lipinski definition) is 4. The number of rotatable bonds is 3. The molecular formula is C16H25N3O3S. The minimum absolute atomic E-state index is 0.135. The molecule has 1 unspecified atom stereocenters. The van der Waals surface area contributed by atoms with Gasteiger partial charge in [-0.25, -0.2) is 4.79 Å². The van der Waals surface area contributed by atoms with Crippen LogP contribution in [0.3, 0.4) is 0 Å². The predicted molar refractivity (Wildman–Crippen MR) is 90.7 cm³/mol. The smallest absolute Gasteiger partial charge is 0.327 e. The lowest BCUT2D eigenvalue weighted by Crippen LogP contribution is -2.65. The van der Waals surface area contributed by atoms with Crippen molar-refractivity contribution in [3.63, 3.8) is 0 Å². The number of β-lactam (4-membered cyclic amide) rings is 1. The van der Waals surface area contributed by atoms with E-state index in [2.05, 4.69) is 9.89 Å². The van der Waals surface area contributed by atoms with Crippen molar-refractivity contribution in [2.75, 3.05) is 13.1 Å². The molecule has 0 radical (unpaired) electrons. The third kappa shape index (κ3) is 3.07. The van der Waals surface area contributed by atoms with Crippen LogP contribution in [0.15, 0.2) is 4.99 Å². The molecule has 3 aliphatic heterocycles. The van der Waals surface area contributed by atoms with Gasteiger partial charge in [0.1, 0.15) is 11.4 Å². The Bertz CT molecular complexity index is 515. The largest absolute Gasteiger partial charge is 0.480 e. The first-order valence-corrected chi connectivity index (χ1v) is 9.30. The topological polar surface area (TPSA) is 73.2 Å². The number of aliphatic imine (C=N–C) groups is 1. The monoisotopic (exact) mass is 339 g/mol. The van der Waals surface area contributed by atoms with E-state index in [1.54, 1.807) is 11.8 Å². The van der Waals surface area contributed by atoms with Crippen LogP contribution < -0.4 is 0 Å². The molecule has 3 heterocycles. The number of carboxylic acids is 1. The molecule has 0 bridgehead atoms. The lowest BCUT2D eigenvalue weighted by atomic mass is 9.96. The third-order valence-electron chi connectivity index (χ3n) is 4.93.